The fraction of sp³-hybridized carbons (Fsp3) is 0.0476. The van der Waals surface area contributed by atoms with E-state index in [4.69, 9.17) is 16.3 Å². The van der Waals surface area contributed by atoms with Crippen LogP contribution in [0.5, 0.6) is 5.75 Å². The average molecular weight is 444 g/mol. The molecular weight excluding hydrogens is 426 g/mol. The van der Waals surface area contributed by atoms with Crippen LogP contribution in [0.3, 0.4) is 0 Å². The van der Waals surface area contributed by atoms with Crippen molar-refractivity contribution >= 4 is 39.4 Å². The maximum absolute atomic E-state index is 12.7. The summed E-state index contributed by atoms with van der Waals surface area (Å²) < 4.78 is 33.1. The summed E-state index contributed by atoms with van der Waals surface area (Å²) in [6.45, 7) is 0. The molecule has 0 radical (unpaired) electrons. The lowest BCUT2D eigenvalue weighted by Gasteiger charge is -2.12. The predicted octanol–water partition coefficient (Wildman–Crippen LogP) is 3.91. The van der Waals surface area contributed by atoms with Crippen molar-refractivity contribution in [3.05, 3.63) is 88.9 Å². The summed E-state index contributed by atoms with van der Waals surface area (Å²) in [4.78, 5) is 12.3. The highest BCUT2D eigenvalue weighted by molar-refractivity contribution is 7.92. The van der Waals surface area contributed by atoms with E-state index < -0.39 is 15.9 Å². The van der Waals surface area contributed by atoms with Crippen LogP contribution in [0.25, 0.3) is 0 Å². The van der Waals surface area contributed by atoms with E-state index in [9.17, 15) is 13.2 Å². The number of nitrogens with zero attached hydrogens (tertiary/aromatic N) is 1. The van der Waals surface area contributed by atoms with Crippen molar-refractivity contribution in [1.82, 2.24) is 5.43 Å². The van der Waals surface area contributed by atoms with E-state index in [1.807, 2.05) is 0 Å². The topological polar surface area (TPSA) is 96.9 Å². The molecule has 3 rings (SSSR count). The number of nitrogens with one attached hydrogen (secondary N) is 2. The number of benzene rings is 3. The largest absolute Gasteiger partial charge is 0.495 e. The Bertz CT molecular complexity index is 1180. The molecule has 0 saturated heterocycles. The summed E-state index contributed by atoms with van der Waals surface area (Å²) >= 11 is 5.82. The van der Waals surface area contributed by atoms with Crippen molar-refractivity contribution in [2.45, 2.75) is 4.90 Å². The number of para-hydroxylation sites is 2. The van der Waals surface area contributed by atoms with Crippen molar-refractivity contribution in [2.24, 2.45) is 5.10 Å². The zero-order chi connectivity index (χ0) is 21.6. The van der Waals surface area contributed by atoms with Crippen LogP contribution in [0, 0.1) is 0 Å². The van der Waals surface area contributed by atoms with Gasteiger partial charge in [-0.05, 0) is 48.0 Å². The van der Waals surface area contributed by atoms with Crippen molar-refractivity contribution in [3.63, 3.8) is 0 Å². The molecule has 1 amide bonds. The van der Waals surface area contributed by atoms with Crippen LogP contribution in [0.1, 0.15) is 15.9 Å². The smallest absolute Gasteiger partial charge is 0.271 e. The summed E-state index contributed by atoms with van der Waals surface area (Å²) in [5, 5.41) is 4.47. The lowest BCUT2D eigenvalue weighted by atomic mass is 10.2. The van der Waals surface area contributed by atoms with Gasteiger partial charge in [0.25, 0.3) is 15.9 Å². The monoisotopic (exact) mass is 443 g/mol. The first-order valence-electron chi connectivity index (χ1n) is 8.74. The molecule has 154 valence electrons. The second kappa shape index (κ2) is 9.43. The Morgan fingerprint density at radius 1 is 1.03 bits per heavy atom. The molecule has 2 N–H and O–H groups in total. The number of ether oxygens (including phenoxy) is 1. The number of hydrazone groups is 1. The van der Waals surface area contributed by atoms with E-state index in [0.717, 1.165) is 5.56 Å². The van der Waals surface area contributed by atoms with Crippen molar-refractivity contribution in [3.8, 4) is 5.75 Å². The summed E-state index contributed by atoms with van der Waals surface area (Å²) in [7, 11) is -2.48. The molecule has 0 atom stereocenters. The quantitative estimate of drug-likeness (QED) is 0.427. The molecule has 0 fully saturated rings. The maximum Gasteiger partial charge on any atom is 0.271 e. The van der Waals surface area contributed by atoms with Crippen LogP contribution < -0.4 is 14.9 Å². The number of rotatable bonds is 7. The molecule has 30 heavy (non-hydrogen) atoms. The highest BCUT2D eigenvalue weighted by Gasteiger charge is 2.18. The SMILES string of the molecule is COc1ccccc1NS(=O)(=O)c1cccc(C(=O)N/N=C/c2ccc(Cl)cc2)c1. The number of amides is 1. The van der Waals surface area contributed by atoms with Gasteiger partial charge in [-0.1, -0.05) is 41.9 Å². The van der Waals surface area contributed by atoms with E-state index in [1.54, 1.807) is 48.5 Å². The van der Waals surface area contributed by atoms with E-state index in [-0.39, 0.29) is 10.5 Å². The first kappa shape index (κ1) is 21.4. The van der Waals surface area contributed by atoms with Gasteiger partial charge in [-0.3, -0.25) is 9.52 Å². The lowest BCUT2D eigenvalue weighted by Crippen LogP contribution is -2.19. The number of hydrogen-bond donors (Lipinski definition) is 2. The minimum Gasteiger partial charge on any atom is -0.495 e. The molecule has 0 saturated carbocycles. The number of carbonyl (C=O) groups is 1. The Labute approximate surface area is 179 Å². The molecule has 0 bridgehead atoms. The molecule has 0 unspecified atom stereocenters. The first-order chi connectivity index (χ1) is 14.4. The highest BCUT2D eigenvalue weighted by atomic mass is 35.5. The van der Waals surface area contributed by atoms with Gasteiger partial charge < -0.3 is 4.74 Å². The molecular formula is C21H18ClN3O4S. The Balaban J connectivity index is 1.74. The second-order valence-electron chi connectivity index (χ2n) is 6.08. The molecule has 7 nitrogen and oxygen atoms in total. The second-order valence-corrected chi connectivity index (χ2v) is 8.20. The van der Waals surface area contributed by atoms with Gasteiger partial charge in [-0.15, -0.1) is 0 Å². The van der Waals surface area contributed by atoms with E-state index in [2.05, 4.69) is 15.2 Å². The molecule has 3 aromatic rings. The maximum atomic E-state index is 12.7. The van der Waals surface area contributed by atoms with Gasteiger partial charge in [0.2, 0.25) is 0 Å². The Kier molecular flexibility index (Phi) is 6.71. The van der Waals surface area contributed by atoms with Gasteiger partial charge in [-0.25, -0.2) is 13.8 Å². The van der Waals surface area contributed by atoms with Crippen LogP contribution in [0.15, 0.2) is 82.8 Å². The highest BCUT2D eigenvalue weighted by Crippen LogP contribution is 2.26. The third kappa shape index (κ3) is 5.37. The normalized spacial score (nSPS) is 11.3. The van der Waals surface area contributed by atoms with E-state index in [0.29, 0.717) is 16.5 Å². The summed E-state index contributed by atoms with van der Waals surface area (Å²) in [6, 6.07) is 19.2. The molecule has 0 aromatic heterocycles. The van der Waals surface area contributed by atoms with Gasteiger partial charge in [0.05, 0.1) is 23.9 Å². The third-order valence-corrected chi connectivity index (χ3v) is 5.62. The molecule has 0 aliphatic heterocycles. The minimum absolute atomic E-state index is 0.0669. The number of anilines is 1. The number of methoxy groups -OCH3 is 1. The fourth-order valence-electron chi connectivity index (χ4n) is 2.52. The predicted molar refractivity (Wildman–Crippen MR) is 117 cm³/mol. The number of sulfonamides is 1. The Morgan fingerprint density at radius 2 is 1.77 bits per heavy atom. The molecule has 3 aromatic carbocycles. The van der Waals surface area contributed by atoms with Gasteiger partial charge >= 0.3 is 0 Å². The van der Waals surface area contributed by atoms with Crippen molar-refractivity contribution < 1.29 is 17.9 Å². The van der Waals surface area contributed by atoms with Crippen LogP contribution in [-0.4, -0.2) is 27.6 Å². The fourth-order valence-corrected chi connectivity index (χ4v) is 3.76. The lowest BCUT2D eigenvalue weighted by molar-refractivity contribution is 0.0955. The van der Waals surface area contributed by atoms with Gasteiger partial charge in [0.1, 0.15) is 5.75 Å². The zero-order valence-electron chi connectivity index (χ0n) is 15.9. The minimum atomic E-state index is -3.93. The Morgan fingerprint density at radius 3 is 2.50 bits per heavy atom. The van der Waals surface area contributed by atoms with Crippen LogP contribution in [0.4, 0.5) is 5.69 Å². The van der Waals surface area contributed by atoms with E-state index >= 15 is 0 Å². The summed E-state index contributed by atoms with van der Waals surface area (Å²) in [6.07, 6.45) is 1.46. The first-order valence-corrected chi connectivity index (χ1v) is 10.6. The number of hydrogen-bond acceptors (Lipinski definition) is 5. The standard InChI is InChI=1S/C21H18ClN3O4S/c1-29-20-8-3-2-7-19(20)25-30(27,28)18-6-4-5-16(13-18)21(26)24-23-14-15-9-11-17(22)12-10-15/h2-14,25H,1H3,(H,24,26)/b23-14+. The van der Waals surface area contributed by atoms with Gasteiger partial charge in [0.15, 0.2) is 0 Å². The van der Waals surface area contributed by atoms with Crippen LogP contribution in [-0.2, 0) is 10.0 Å². The number of halogens is 1. The summed E-state index contributed by atoms with van der Waals surface area (Å²) in [5.74, 6) is -0.166. The van der Waals surface area contributed by atoms with Gasteiger partial charge in [-0.2, -0.15) is 5.10 Å². The zero-order valence-corrected chi connectivity index (χ0v) is 17.4. The molecule has 0 heterocycles. The summed E-state index contributed by atoms with van der Waals surface area (Å²) in [5.41, 5.74) is 3.56. The van der Waals surface area contributed by atoms with Crippen LogP contribution >= 0.6 is 11.6 Å². The number of carbonyl (C=O) groups excluding carboxylic acids is 1. The van der Waals surface area contributed by atoms with Crippen molar-refractivity contribution in [1.29, 1.82) is 0 Å². The Hall–Kier alpha value is -3.36. The third-order valence-electron chi connectivity index (χ3n) is 4.01. The molecule has 0 spiro atoms. The van der Waals surface area contributed by atoms with Crippen LogP contribution in [0.2, 0.25) is 5.02 Å². The molecule has 0 aliphatic carbocycles. The molecule has 0 aliphatic rings. The van der Waals surface area contributed by atoms with Gasteiger partial charge in [0, 0.05) is 10.6 Å². The van der Waals surface area contributed by atoms with Crippen molar-refractivity contribution in [2.75, 3.05) is 11.8 Å². The molecule has 9 heteroatoms. The van der Waals surface area contributed by atoms with E-state index in [1.165, 1.54) is 37.6 Å². The average Bonchev–Trinajstić information content (AvgIpc) is 2.75.